The molecule has 0 heteroatoms. The molecule has 0 spiro atoms. The summed E-state index contributed by atoms with van der Waals surface area (Å²) >= 11 is 0. The first-order chi connectivity index (χ1) is 25.8. The third kappa shape index (κ3) is 44.6. The highest BCUT2D eigenvalue weighted by molar-refractivity contribution is 5.11. The van der Waals surface area contributed by atoms with Gasteiger partial charge in [-0.3, -0.25) is 0 Å². The largest absolute Gasteiger partial charge is 0.100 e. The van der Waals surface area contributed by atoms with E-state index >= 15 is 0 Å². The minimum absolute atomic E-state index is 0. The van der Waals surface area contributed by atoms with Crippen LogP contribution in [0.5, 0.6) is 0 Å². The van der Waals surface area contributed by atoms with Crippen molar-refractivity contribution in [3.63, 3.8) is 0 Å². The van der Waals surface area contributed by atoms with Crippen LogP contribution in [0.1, 0.15) is 282 Å². The Morgan fingerprint density at radius 2 is 1.09 bits per heavy atom. The van der Waals surface area contributed by atoms with Crippen LogP contribution in [-0.4, -0.2) is 0 Å². The molecule has 3 saturated carbocycles. The van der Waals surface area contributed by atoms with Crippen molar-refractivity contribution in [3.8, 4) is 0 Å². The fourth-order valence-corrected chi connectivity index (χ4v) is 8.12. The molecule has 0 aliphatic heterocycles. The van der Waals surface area contributed by atoms with Crippen molar-refractivity contribution >= 4 is 0 Å². The highest BCUT2D eigenvalue weighted by atomic mass is 14.4. The predicted octanol–water partition coefficient (Wildman–Crippen LogP) is 21.4. The zero-order chi connectivity index (χ0) is 44.0. The topological polar surface area (TPSA) is 0 Å². The summed E-state index contributed by atoms with van der Waals surface area (Å²) in [6.45, 7) is 52.2. The Morgan fingerprint density at radius 1 is 0.661 bits per heavy atom. The molecular weight excluding hydrogens is 673 g/mol. The summed E-state index contributed by atoms with van der Waals surface area (Å²) in [5.74, 6) is 8.41. The molecule has 0 aromatic carbocycles. The minimum Gasteiger partial charge on any atom is -0.100 e. The monoisotopic (exact) mass is 793 g/mol. The van der Waals surface area contributed by atoms with Crippen molar-refractivity contribution in [3.05, 3.63) is 23.8 Å². The molecule has 0 nitrogen and oxygen atoms in total. The van der Waals surface area contributed by atoms with Crippen molar-refractivity contribution in [1.29, 1.82) is 0 Å². The molecule has 3 rings (SSSR count). The molecule has 3 fully saturated rings. The summed E-state index contributed by atoms with van der Waals surface area (Å²) in [5, 5.41) is 0. The lowest BCUT2D eigenvalue weighted by atomic mass is 9.71. The molecule has 0 radical (unpaired) electrons. The van der Waals surface area contributed by atoms with Gasteiger partial charge in [0.15, 0.2) is 0 Å². The molecule has 3 atom stereocenters. The van der Waals surface area contributed by atoms with Gasteiger partial charge in [-0.05, 0) is 105 Å². The van der Waals surface area contributed by atoms with Gasteiger partial charge in [-0.2, -0.15) is 0 Å². The van der Waals surface area contributed by atoms with E-state index in [0.29, 0.717) is 5.41 Å². The lowest BCUT2D eigenvalue weighted by Crippen LogP contribution is -2.24. The van der Waals surface area contributed by atoms with Gasteiger partial charge in [0, 0.05) is 0 Å². The predicted molar refractivity (Wildman–Crippen MR) is 270 cm³/mol. The van der Waals surface area contributed by atoms with Crippen molar-refractivity contribution < 1.29 is 0 Å². The van der Waals surface area contributed by atoms with Crippen LogP contribution in [0.25, 0.3) is 0 Å². The van der Waals surface area contributed by atoms with Gasteiger partial charge in [0.05, 0.1) is 0 Å². The zero-order valence-electron chi connectivity index (χ0n) is 43.4. The van der Waals surface area contributed by atoms with Crippen LogP contribution in [0.15, 0.2) is 23.8 Å². The maximum absolute atomic E-state index is 3.56. The molecule has 56 heavy (non-hydrogen) atoms. The Hall–Kier alpha value is -0.520. The van der Waals surface area contributed by atoms with E-state index in [-0.39, 0.29) is 7.43 Å². The summed E-state index contributed by atoms with van der Waals surface area (Å²) in [5.41, 5.74) is 3.37. The summed E-state index contributed by atoms with van der Waals surface area (Å²) < 4.78 is 0. The van der Waals surface area contributed by atoms with Crippen LogP contribution >= 0.6 is 0 Å². The second-order valence-electron chi connectivity index (χ2n) is 20.0. The van der Waals surface area contributed by atoms with Crippen LogP contribution in [0, 0.1) is 58.7 Å². The minimum atomic E-state index is 0. The molecule has 344 valence electrons. The van der Waals surface area contributed by atoms with Crippen LogP contribution in [0.2, 0.25) is 0 Å². The van der Waals surface area contributed by atoms with Crippen molar-refractivity contribution in [1.82, 2.24) is 0 Å². The highest BCUT2D eigenvalue weighted by Crippen LogP contribution is 2.46. The van der Waals surface area contributed by atoms with Gasteiger partial charge in [-0.1, -0.05) is 253 Å². The molecule has 3 aliphatic rings. The van der Waals surface area contributed by atoms with Crippen molar-refractivity contribution in [2.45, 2.75) is 282 Å². The summed E-state index contributed by atoms with van der Waals surface area (Å²) in [6, 6.07) is 0. The number of hydrogen-bond donors (Lipinski definition) is 0. The van der Waals surface area contributed by atoms with E-state index in [4.69, 9.17) is 0 Å². The Kier molecular flexibility index (Phi) is 54.7. The average molecular weight is 794 g/mol. The number of rotatable bonds is 11. The molecule has 0 aromatic heterocycles. The highest BCUT2D eigenvalue weighted by Gasteiger charge is 2.34. The fraction of sp³-hybridized carbons (Fsp3) is 0.929. The van der Waals surface area contributed by atoms with Gasteiger partial charge in [-0.15, -0.1) is 6.58 Å². The lowest BCUT2D eigenvalue weighted by Gasteiger charge is -2.34. The molecule has 3 unspecified atom stereocenters. The Morgan fingerprint density at radius 3 is 1.39 bits per heavy atom. The maximum Gasteiger partial charge on any atom is -0.0198 e. The van der Waals surface area contributed by atoms with E-state index in [2.05, 4.69) is 123 Å². The van der Waals surface area contributed by atoms with Gasteiger partial charge >= 0.3 is 0 Å². The van der Waals surface area contributed by atoms with E-state index < -0.39 is 0 Å². The van der Waals surface area contributed by atoms with Gasteiger partial charge in [0.2, 0.25) is 0 Å². The van der Waals surface area contributed by atoms with E-state index in [0.717, 1.165) is 53.3 Å². The third-order valence-corrected chi connectivity index (χ3v) is 11.2. The van der Waals surface area contributed by atoms with Crippen LogP contribution in [0.3, 0.4) is 0 Å². The lowest BCUT2D eigenvalue weighted by molar-refractivity contribution is 0.162. The van der Waals surface area contributed by atoms with Gasteiger partial charge < -0.3 is 0 Å². The normalized spacial score (nSPS) is 18.6. The third-order valence-electron chi connectivity index (χ3n) is 11.2. The van der Waals surface area contributed by atoms with E-state index in [1.807, 2.05) is 41.5 Å². The number of hydrogen-bond acceptors (Lipinski definition) is 0. The Balaban J connectivity index is -0.000000143. The maximum atomic E-state index is 3.56. The van der Waals surface area contributed by atoms with Gasteiger partial charge in [-0.25, -0.2) is 0 Å². The molecule has 0 N–H and O–H groups in total. The summed E-state index contributed by atoms with van der Waals surface area (Å²) in [4.78, 5) is 0. The second kappa shape index (κ2) is 45.6. The van der Waals surface area contributed by atoms with Crippen LogP contribution < -0.4 is 0 Å². The quantitative estimate of drug-likeness (QED) is 0.144. The summed E-state index contributed by atoms with van der Waals surface area (Å²) in [6.07, 6.45) is 30.1. The Bertz CT molecular complexity index is 750. The van der Waals surface area contributed by atoms with E-state index in [1.165, 1.54) is 121 Å². The van der Waals surface area contributed by atoms with Gasteiger partial charge in [0.1, 0.15) is 0 Å². The molecule has 0 aromatic rings. The summed E-state index contributed by atoms with van der Waals surface area (Å²) in [7, 11) is 0. The fourth-order valence-electron chi connectivity index (χ4n) is 8.12. The van der Waals surface area contributed by atoms with Gasteiger partial charge in [0.25, 0.3) is 0 Å². The number of allylic oxidation sites excluding steroid dienone is 3. The first kappa shape index (κ1) is 67.3. The SMILES string of the molecule is C.C/C=C(\C(C)C)C1CCC(C(C)(C)C)C1.C=C(C)C.CC.CC.CC(C)C.CC(C)C(CC1CCCC1)C1CCCCC1.CCCC.CCCCCC(C)C. The average Bonchev–Trinajstić information content (AvgIpc) is 3.83. The standard InChI is InChI=1S/C16H30.C15H28.C8H18.C4H10.C4H8.C4H10.2C2H6.CH4/c1-13(2)16(12-14-8-6-7-9-14)15-10-4-3-5-11-15;1-7-14(11(2)3)12-8-9-13(10-12)15(4,5)6;1-4-5-6-7-8(2)3;2*1-4(2)3;1-3-4-2;2*1-2;/h13-16H,3-12H2,1-2H3;7,11-13H,8-10H2,1-6H3;8H,4-7H2,1-3H3;4H,1-3H3;1H2,2-3H3;3-4H2,1-2H3;2*1-2H3;1H4/b;14-7+;;;;;;;. The molecule has 3 aliphatic carbocycles. The van der Waals surface area contributed by atoms with Crippen molar-refractivity contribution in [2.75, 3.05) is 0 Å². The van der Waals surface area contributed by atoms with Crippen LogP contribution in [0.4, 0.5) is 0 Å². The van der Waals surface area contributed by atoms with E-state index in [1.54, 1.807) is 12.0 Å². The first-order valence-electron chi connectivity index (χ1n) is 25.1. The van der Waals surface area contributed by atoms with Crippen LogP contribution in [-0.2, 0) is 0 Å². The first-order valence-corrected chi connectivity index (χ1v) is 25.1. The smallest absolute Gasteiger partial charge is 0.0198 e. The molecule has 0 amide bonds. The van der Waals surface area contributed by atoms with E-state index in [9.17, 15) is 0 Å². The molecule has 0 heterocycles. The molecule has 0 bridgehead atoms. The molecular formula is C56H120. The molecule has 0 saturated heterocycles. The number of unbranched alkanes of at least 4 members (excludes halogenated alkanes) is 3. The zero-order valence-corrected chi connectivity index (χ0v) is 43.4. The van der Waals surface area contributed by atoms with Crippen molar-refractivity contribution in [2.24, 2.45) is 58.7 Å². The Labute approximate surface area is 362 Å². The second-order valence-corrected chi connectivity index (χ2v) is 20.0.